The van der Waals surface area contributed by atoms with Crippen molar-refractivity contribution >= 4 is 6.29 Å². The predicted octanol–water partition coefficient (Wildman–Crippen LogP) is 5.69. The monoisotopic (exact) mass is 261 g/mol. The zero-order chi connectivity index (χ0) is 14.5. The SMILES string of the molecule is CCCCC(C)=CCCC(C)=CCCC(C)=C[C]=O. The molecule has 0 amide bonds. The molecule has 0 aliphatic rings. The molecule has 0 spiro atoms. The van der Waals surface area contributed by atoms with E-state index in [0.29, 0.717) is 0 Å². The Hall–Kier alpha value is -1.11. The fourth-order valence-electron chi connectivity index (χ4n) is 1.92. The summed E-state index contributed by atoms with van der Waals surface area (Å²) in [6, 6.07) is 0. The Kier molecular flexibility index (Phi) is 11.3. The lowest BCUT2D eigenvalue weighted by atomic mass is 10.0. The van der Waals surface area contributed by atoms with Crippen LogP contribution in [-0.2, 0) is 4.79 Å². The number of hydrogen-bond donors (Lipinski definition) is 0. The third-order valence-electron chi connectivity index (χ3n) is 3.29. The Labute approximate surface area is 119 Å². The maximum Gasteiger partial charge on any atom is 0.225 e. The van der Waals surface area contributed by atoms with E-state index in [2.05, 4.69) is 32.9 Å². The number of allylic oxidation sites excluding steroid dienone is 6. The van der Waals surface area contributed by atoms with E-state index < -0.39 is 0 Å². The molecule has 0 bridgehead atoms. The van der Waals surface area contributed by atoms with Gasteiger partial charge in [-0.15, -0.1) is 0 Å². The van der Waals surface area contributed by atoms with Gasteiger partial charge in [0, 0.05) is 0 Å². The molecule has 0 saturated carbocycles. The number of hydrogen-bond acceptors (Lipinski definition) is 1. The first-order chi connectivity index (χ1) is 9.10. The quantitative estimate of drug-likeness (QED) is 0.365. The smallest absolute Gasteiger partial charge is 0.225 e. The van der Waals surface area contributed by atoms with Gasteiger partial charge in [-0.05, 0) is 65.4 Å². The van der Waals surface area contributed by atoms with Crippen molar-refractivity contribution in [2.24, 2.45) is 0 Å². The van der Waals surface area contributed by atoms with Crippen molar-refractivity contribution in [3.05, 3.63) is 34.9 Å². The van der Waals surface area contributed by atoms with Crippen molar-refractivity contribution < 1.29 is 4.79 Å². The molecule has 0 rings (SSSR count). The molecule has 0 unspecified atom stereocenters. The van der Waals surface area contributed by atoms with Gasteiger partial charge >= 0.3 is 0 Å². The minimum absolute atomic E-state index is 0.956. The highest BCUT2D eigenvalue weighted by molar-refractivity contribution is 5.66. The average Bonchev–Trinajstić information content (AvgIpc) is 2.36. The van der Waals surface area contributed by atoms with Crippen LogP contribution in [0.25, 0.3) is 0 Å². The summed E-state index contributed by atoms with van der Waals surface area (Å²) in [4.78, 5) is 10.2. The van der Waals surface area contributed by atoms with Gasteiger partial charge in [0.2, 0.25) is 6.29 Å². The zero-order valence-corrected chi connectivity index (χ0v) is 13.1. The molecular weight excluding hydrogens is 232 g/mol. The summed E-state index contributed by atoms with van der Waals surface area (Å²) in [5.74, 6) is 0. The van der Waals surface area contributed by atoms with E-state index in [1.165, 1.54) is 36.5 Å². The Bertz CT molecular complexity index is 332. The topological polar surface area (TPSA) is 17.1 Å². The van der Waals surface area contributed by atoms with Crippen LogP contribution < -0.4 is 0 Å². The Morgan fingerprint density at radius 1 is 0.895 bits per heavy atom. The van der Waals surface area contributed by atoms with E-state index in [1.54, 1.807) is 0 Å². The summed E-state index contributed by atoms with van der Waals surface area (Å²) in [6.07, 6.45) is 16.1. The van der Waals surface area contributed by atoms with Gasteiger partial charge in [0.1, 0.15) is 0 Å². The fourth-order valence-corrected chi connectivity index (χ4v) is 1.92. The summed E-state index contributed by atoms with van der Waals surface area (Å²) >= 11 is 0. The molecule has 0 aromatic carbocycles. The van der Waals surface area contributed by atoms with E-state index >= 15 is 0 Å². The highest BCUT2D eigenvalue weighted by atomic mass is 16.1. The second-order valence-corrected chi connectivity index (χ2v) is 5.39. The van der Waals surface area contributed by atoms with Crippen molar-refractivity contribution in [1.29, 1.82) is 0 Å². The summed E-state index contributed by atoms with van der Waals surface area (Å²) in [7, 11) is 0. The van der Waals surface area contributed by atoms with Gasteiger partial charge < -0.3 is 0 Å². The molecule has 19 heavy (non-hydrogen) atoms. The van der Waals surface area contributed by atoms with Gasteiger partial charge in [-0.2, -0.15) is 0 Å². The van der Waals surface area contributed by atoms with E-state index in [9.17, 15) is 4.79 Å². The van der Waals surface area contributed by atoms with Crippen molar-refractivity contribution in [2.75, 3.05) is 0 Å². The van der Waals surface area contributed by atoms with Crippen molar-refractivity contribution in [2.45, 2.75) is 72.6 Å². The standard InChI is InChI=1S/C18H29O/c1-5-6-9-16(2)10-7-11-17(3)12-8-13-18(4)14-15-19/h10,12,14H,5-9,11,13H2,1-4H3. The van der Waals surface area contributed by atoms with Crippen molar-refractivity contribution in [3.8, 4) is 0 Å². The molecule has 0 atom stereocenters. The average molecular weight is 261 g/mol. The van der Waals surface area contributed by atoms with Crippen LogP contribution in [0.3, 0.4) is 0 Å². The van der Waals surface area contributed by atoms with Crippen LogP contribution in [0, 0.1) is 0 Å². The van der Waals surface area contributed by atoms with Crippen LogP contribution in [0.4, 0.5) is 0 Å². The third kappa shape index (κ3) is 11.7. The molecule has 0 aliphatic heterocycles. The van der Waals surface area contributed by atoms with E-state index in [0.717, 1.165) is 31.3 Å². The molecule has 0 heterocycles. The molecular formula is C18H29O. The van der Waals surface area contributed by atoms with Crippen molar-refractivity contribution in [3.63, 3.8) is 0 Å². The molecule has 1 heteroatoms. The largest absolute Gasteiger partial charge is 0.286 e. The minimum Gasteiger partial charge on any atom is -0.286 e. The Morgan fingerprint density at radius 3 is 1.95 bits per heavy atom. The van der Waals surface area contributed by atoms with E-state index in [-0.39, 0.29) is 0 Å². The highest BCUT2D eigenvalue weighted by Crippen LogP contribution is 2.13. The molecule has 0 fully saturated rings. The maximum atomic E-state index is 10.2. The van der Waals surface area contributed by atoms with Crippen molar-refractivity contribution in [1.82, 2.24) is 0 Å². The van der Waals surface area contributed by atoms with E-state index in [1.807, 2.05) is 13.2 Å². The lowest BCUT2D eigenvalue weighted by molar-refractivity contribution is 0.564. The van der Waals surface area contributed by atoms with Crippen LogP contribution in [0.15, 0.2) is 34.9 Å². The molecule has 0 aromatic rings. The van der Waals surface area contributed by atoms with Crippen LogP contribution in [0.2, 0.25) is 0 Å². The molecule has 1 radical (unpaired) electrons. The summed E-state index contributed by atoms with van der Waals surface area (Å²) < 4.78 is 0. The van der Waals surface area contributed by atoms with Gasteiger partial charge in [0.15, 0.2) is 0 Å². The number of rotatable bonds is 10. The van der Waals surface area contributed by atoms with Crippen LogP contribution >= 0.6 is 0 Å². The van der Waals surface area contributed by atoms with Crippen LogP contribution in [0.5, 0.6) is 0 Å². The van der Waals surface area contributed by atoms with E-state index in [4.69, 9.17) is 0 Å². The first-order valence-electron chi connectivity index (χ1n) is 7.44. The molecule has 0 N–H and O–H groups in total. The van der Waals surface area contributed by atoms with Gasteiger partial charge in [0.05, 0.1) is 0 Å². The maximum absolute atomic E-state index is 10.2. The fraction of sp³-hybridized carbons (Fsp3) is 0.611. The predicted molar refractivity (Wildman–Crippen MR) is 85.0 cm³/mol. The second-order valence-electron chi connectivity index (χ2n) is 5.39. The first-order valence-corrected chi connectivity index (χ1v) is 7.44. The van der Waals surface area contributed by atoms with Gasteiger partial charge in [-0.1, -0.05) is 42.2 Å². The second kappa shape index (κ2) is 12.0. The van der Waals surface area contributed by atoms with Crippen LogP contribution in [-0.4, -0.2) is 6.29 Å². The Balaban J connectivity index is 3.87. The minimum atomic E-state index is 0.956. The van der Waals surface area contributed by atoms with Gasteiger partial charge in [0.25, 0.3) is 0 Å². The third-order valence-corrected chi connectivity index (χ3v) is 3.29. The summed E-state index contributed by atoms with van der Waals surface area (Å²) in [5.41, 5.74) is 4.08. The number of unbranched alkanes of at least 4 members (excludes halogenated alkanes) is 1. The van der Waals surface area contributed by atoms with Gasteiger partial charge in [-0.25, -0.2) is 0 Å². The molecule has 107 valence electrons. The lowest BCUT2D eigenvalue weighted by Gasteiger charge is -2.02. The zero-order valence-electron chi connectivity index (χ0n) is 13.1. The van der Waals surface area contributed by atoms with Gasteiger partial charge in [-0.3, -0.25) is 4.79 Å². The summed E-state index contributed by atoms with van der Waals surface area (Å²) in [5, 5.41) is 0. The Morgan fingerprint density at radius 2 is 1.42 bits per heavy atom. The summed E-state index contributed by atoms with van der Waals surface area (Å²) in [6.45, 7) is 8.64. The normalized spacial score (nSPS) is 13.8. The number of carbonyl (C=O) groups excluding carboxylic acids is 1. The molecule has 0 aliphatic carbocycles. The first kappa shape index (κ1) is 17.9. The molecule has 1 nitrogen and oxygen atoms in total. The highest BCUT2D eigenvalue weighted by Gasteiger charge is 1.93. The lowest BCUT2D eigenvalue weighted by Crippen LogP contribution is -1.82. The van der Waals surface area contributed by atoms with Crippen LogP contribution in [0.1, 0.15) is 72.6 Å². The molecule has 0 aromatic heterocycles. The molecule has 0 saturated heterocycles.